The van der Waals surface area contributed by atoms with E-state index in [4.69, 9.17) is 0 Å². The summed E-state index contributed by atoms with van der Waals surface area (Å²) in [6.07, 6.45) is 6.08. The fraction of sp³-hybridized carbons (Fsp3) is 0.647. The van der Waals surface area contributed by atoms with Gasteiger partial charge in [0, 0.05) is 35.4 Å². The number of hydrogen-bond acceptors (Lipinski definition) is 2. The van der Waals surface area contributed by atoms with Gasteiger partial charge in [-0.25, -0.2) is 0 Å². The lowest BCUT2D eigenvalue weighted by atomic mass is 10.1. The second kappa shape index (κ2) is 7.53. The molecule has 0 atom stereocenters. The summed E-state index contributed by atoms with van der Waals surface area (Å²) in [4.78, 5) is 5.76. The van der Waals surface area contributed by atoms with E-state index in [2.05, 4.69) is 50.6 Å². The molecule has 0 unspecified atom stereocenters. The van der Waals surface area contributed by atoms with Crippen molar-refractivity contribution in [1.29, 1.82) is 0 Å². The largest absolute Gasteiger partial charge is 0.512 e. The van der Waals surface area contributed by atoms with E-state index in [9.17, 15) is 5.11 Å². The van der Waals surface area contributed by atoms with Crippen LogP contribution in [-0.2, 0) is 6.42 Å². The smallest absolute Gasteiger partial charge is 0.0988 e. The Morgan fingerprint density at radius 3 is 2.35 bits per heavy atom. The van der Waals surface area contributed by atoms with Crippen molar-refractivity contribution in [2.24, 2.45) is 0 Å². The maximum absolute atomic E-state index is 9.95. The summed E-state index contributed by atoms with van der Waals surface area (Å²) in [5.41, 5.74) is 1.20. The van der Waals surface area contributed by atoms with Crippen LogP contribution in [0.4, 0.5) is 0 Å². The van der Waals surface area contributed by atoms with Crippen molar-refractivity contribution < 1.29 is 5.11 Å². The molecule has 0 saturated carbocycles. The topological polar surface area (TPSA) is 39.3 Å². The highest BCUT2D eigenvalue weighted by molar-refractivity contribution is 5.38. The molecule has 0 saturated heterocycles. The molecule has 0 amide bonds. The Kier molecular flexibility index (Phi) is 6.34. The molecule has 0 aromatic carbocycles. The van der Waals surface area contributed by atoms with E-state index in [0.29, 0.717) is 17.8 Å². The highest BCUT2D eigenvalue weighted by atomic mass is 16.3. The zero-order valence-electron chi connectivity index (χ0n) is 13.8. The fourth-order valence-electron chi connectivity index (χ4n) is 2.83. The number of aliphatic hydroxyl groups excluding tert-OH is 1. The van der Waals surface area contributed by atoms with Gasteiger partial charge in [0.05, 0.1) is 5.76 Å². The van der Waals surface area contributed by atoms with Gasteiger partial charge in [-0.05, 0) is 53.0 Å². The number of aromatic amines is 1. The summed E-state index contributed by atoms with van der Waals surface area (Å²) in [6, 6.07) is 1.08. The molecule has 0 radical (unpaired) electrons. The SMILES string of the molecule is CC/C=c1/[nH]cc(CCN(C(C)C)C(C)C)/c1=C(/C)O. The van der Waals surface area contributed by atoms with Crippen LogP contribution in [0.5, 0.6) is 0 Å². The van der Waals surface area contributed by atoms with Crippen molar-refractivity contribution in [3.8, 4) is 0 Å². The molecule has 114 valence electrons. The highest BCUT2D eigenvalue weighted by Crippen LogP contribution is 2.06. The standard InChI is InChI=1S/C17H30N2O/c1-7-8-16-17(14(6)20)15(11-18-16)9-10-19(12(2)3)13(4)5/h8,11-13,18,20H,7,9-10H2,1-6H3/b16-8+,17-14+. The first-order valence-corrected chi connectivity index (χ1v) is 7.70. The van der Waals surface area contributed by atoms with Crippen molar-refractivity contribution in [1.82, 2.24) is 9.88 Å². The lowest BCUT2D eigenvalue weighted by Gasteiger charge is -2.30. The van der Waals surface area contributed by atoms with E-state index in [1.165, 1.54) is 5.56 Å². The number of rotatable bonds is 6. The van der Waals surface area contributed by atoms with E-state index in [0.717, 1.165) is 30.0 Å². The average Bonchev–Trinajstić information content (AvgIpc) is 2.72. The summed E-state index contributed by atoms with van der Waals surface area (Å²) >= 11 is 0. The van der Waals surface area contributed by atoms with Crippen molar-refractivity contribution in [3.05, 3.63) is 22.3 Å². The van der Waals surface area contributed by atoms with Gasteiger partial charge < -0.3 is 10.1 Å². The molecule has 20 heavy (non-hydrogen) atoms. The summed E-state index contributed by atoms with van der Waals surface area (Å²) in [5.74, 6) is 0.404. The van der Waals surface area contributed by atoms with Gasteiger partial charge in [-0.1, -0.05) is 13.0 Å². The Labute approximate surface area is 123 Å². The molecule has 3 nitrogen and oxygen atoms in total. The van der Waals surface area contributed by atoms with Crippen molar-refractivity contribution in [3.63, 3.8) is 0 Å². The van der Waals surface area contributed by atoms with Gasteiger partial charge in [0.2, 0.25) is 0 Å². The highest BCUT2D eigenvalue weighted by Gasteiger charge is 2.13. The molecule has 0 bridgehead atoms. The van der Waals surface area contributed by atoms with Crippen LogP contribution in [0.15, 0.2) is 6.20 Å². The monoisotopic (exact) mass is 278 g/mol. The molecule has 1 aromatic rings. The molecule has 1 heterocycles. The number of hydrogen-bond donors (Lipinski definition) is 2. The van der Waals surface area contributed by atoms with E-state index >= 15 is 0 Å². The molecule has 3 heteroatoms. The van der Waals surface area contributed by atoms with Gasteiger partial charge in [-0.15, -0.1) is 0 Å². The third kappa shape index (κ3) is 4.14. The Morgan fingerprint density at radius 2 is 1.90 bits per heavy atom. The molecule has 2 N–H and O–H groups in total. The number of H-pyrrole nitrogens is 1. The molecule has 0 spiro atoms. The van der Waals surface area contributed by atoms with Crippen molar-refractivity contribution >= 4 is 11.8 Å². The van der Waals surface area contributed by atoms with Crippen LogP contribution in [0.1, 0.15) is 53.5 Å². The first-order chi connectivity index (χ1) is 9.38. The lowest BCUT2D eigenvalue weighted by molar-refractivity contribution is 0.177. The molecule has 1 rings (SSSR count). The Balaban J connectivity index is 3.01. The summed E-state index contributed by atoms with van der Waals surface area (Å²) in [6.45, 7) is 13.8. The molecular formula is C17H30N2O. The number of nitrogens with zero attached hydrogens (tertiary/aromatic N) is 1. The first kappa shape index (κ1) is 16.8. The zero-order chi connectivity index (χ0) is 15.3. The van der Waals surface area contributed by atoms with Gasteiger partial charge in [0.1, 0.15) is 0 Å². The van der Waals surface area contributed by atoms with Crippen LogP contribution in [0.25, 0.3) is 11.8 Å². The van der Waals surface area contributed by atoms with E-state index in [-0.39, 0.29) is 0 Å². The molecule has 0 aliphatic carbocycles. The molecule has 0 aliphatic heterocycles. The van der Waals surface area contributed by atoms with E-state index in [1.54, 1.807) is 6.92 Å². The van der Waals surface area contributed by atoms with Crippen LogP contribution < -0.4 is 10.6 Å². The van der Waals surface area contributed by atoms with Crippen LogP contribution >= 0.6 is 0 Å². The number of nitrogens with one attached hydrogen (secondary N) is 1. The predicted octanol–water partition coefficient (Wildman–Crippen LogP) is 2.55. The summed E-state index contributed by atoms with van der Waals surface area (Å²) < 4.78 is 0. The maximum Gasteiger partial charge on any atom is 0.0988 e. The van der Waals surface area contributed by atoms with E-state index < -0.39 is 0 Å². The minimum absolute atomic E-state index is 0.404. The molecule has 0 fully saturated rings. The number of aliphatic hydroxyl groups is 1. The Hall–Kier alpha value is -1.22. The number of aromatic nitrogens is 1. The van der Waals surface area contributed by atoms with Gasteiger partial charge >= 0.3 is 0 Å². The quantitative estimate of drug-likeness (QED) is 0.839. The van der Waals surface area contributed by atoms with Crippen molar-refractivity contribution in [2.75, 3.05) is 6.54 Å². The van der Waals surface area contributed by atoms with Gasteiger partial charge in [0.25, 0.3) is 0 Å². The van der Waals surface area contributed by atoms with Crippen LogP contribution in [0.3, 0.4) is 0 Å². The van der Waals surface area contributed by atoms with Gasteiger partial charge in [0.15, 0.2) is 0 Å². The molecular weight excluding hydrogens is 248 g/mol. The third-order valence-corrected chi connectivity index (χ3v) is 3.73. The fourth-order valence-corrected chi connectivity index (χ4v) is 2.83. The maximum atomic E-state index is 9.95. The van der Waals surface area contributed by atoms with Crippen molar-refractivity contribution in [2.45, 2.75) is 66.5 Å². The molecule has 0 aliphatic rings. The van der Waals surface area contributed by atoms with E-state index in [1.807, 2.05) is 6.20 Å². The van der Waals surface area contributed by atoms with Gasteiger partial charge in [-0.2, -0.15) is 0 Å². The minimum Gasteiger partial charge on any atom is -0.512 e. The molecule has 1 aromatic heterocycles. The lowest BCUT2D eigenvalue weighted by Crippen LogP contribution is -2.39. The predicted molar refractivity (Wildman–Crippen MR) is 87.2 cm³/mol. The average molecular weight is 278 g/mol. The Bertz CT molecular complexity index is 514. The van der Waals surface area contributed by atoms with Gasteiger partial charge in [-0.3, -0.25) is 4.90 Å². The second-order valence-corrected chi connectivity index (χ2v) is 5.98. The van der Waals surface area contributed by atoms with Crippen LogP contribution in [0, 0.1) is 0 Å². The van der Waals surface area contributed by atoms with Crippen LogP contribution in [0.2, 0.25) is 0 Å². The zero-order valence-corrected chi connectivity index (χ0v) is 13.8. The summed E-state index contributed by atoms with van der Waals surface area (Å²) in [7, 11) is 0. The normalized spacial score (nSPS) is 14.8. The third-order valence-electron chi connectivity index (χ3n) is 3.73. The minimum atomic E-state index is 0.404. The van der Waals surface area contributed by atoms with Crippen LogP contribution in [-0.4, -0.2) is 33.6 Å². The second-order valence-electron chi connectivity index (χ2n) is 5.98. The Morgan fingerprint density at radius 1 is 1.30 bits per heavy atom. The first-order valence-electron chi connectivity index (χ1n) is 7.70. The summed E-state index contributed by atoms with van der Waals surface area (Å²) in [5, 5.41) is 12.0.